The number of carbonyl (C=O) groups excluding carboxylic acids is 1. The summed E-state index contributed by atoms with van der Waals surface area (Å²) in [5.74, 6) is -0.0458. The van der Waals surface area contributed by atoms with Gasteiger partial charge in [0.15, 0.2) is 0 Å². The zero-order valence-corrected chi connectivity index (χ0v) is 17.2. The third-order valence-corrected chi connectivity index (χ3v) is 7.10. The van der Waals surface area contributed by atoms with Gasteiger partial charge in [0.2, 0.25) is 15.9 Å². The fraction of sp³-hybridized carbons (Fsp3) is 0.409. The lowest BCUT2D eigenvalue weighted by molar-refractivity contribution is -0.116. The third-order valence-electron chi connectivity index (χ3n) is 5.19. The van der Waals surface area contributed by atoms with E-state index in [0.717, 1.165) is 42.5 Å². The molecule has 0 atom stereocenters. The molecule has 0 unspecified atom stereocenters. The predicted molar refractivity (Wildman–Crippen MR) is 112 cm³/mol. The molecule has 0 aliphatic carbocycles. The fourth-order valence-corrected chi connectivity index (χ4v) is 4.96. The van der Waals surface area contributed by atoms with Crippen molar-refractivity contribution in [2.24, 2.45) is 0 Å². The molecular formula is C22H28N2O3S. The van der Waals surface area contributed by atoms with Gasteiger partial charge in [-0.05, 0) is 55.5 Å². The maximum atomic E-state index is 12.8. The van der Waals surface area contributed by atoms with Gasteiger partial charge in [0.05, 0.1) is 4.90 Å². The smallest absolute Gasteiger partial charge is 0.243 e. The van der Waals surface area contributed by atoms with Gasteiger partial charge in [-0.1, -0.05) is 43.2 Å². The number of amides is 1. The molecule has 150 valence electrons. The van der Waals surface area contributed by atoms with Crippen molar-refractivity contribution in [2.45, 2.75) is 50.3 Å². The zero-order chi connectivity index (χ0) is 20.0. The molecule has 1 heterocycles. The second-order valence-corrected chi connectivity index (χ2v) is 9.26. The van der Waals surface area contributed by atoms with E-state index in [4.69, 9.17) is 0 Å². The van der Waals surface area contributed by atoms with E-state index in [2.05, 4.69) is 5.32 Å². The van der Waals surface area contributed by atoms with Crippen LogP contribution in [0, 0.1) is 6.92 Å². The van der Waals surface area contributed by atoms with E-state index in [-0.39, 0.29) is 5.91 Å². The molecule has 0 radical (unpaired) electrons. The molecule has 28 heavy (non-hydrogen) atoms. The quantitative estimate of drug-likeness (QED) is 0.793. The standard InChI is InChI=1S/C22H28N2O3S/c1-18-8-4-5-9-21(18)23-22(25)15-12-19-10-13-20(14-11-19)28(26,27)24-16-6-2-3-7-17-24/h4-5,8-11,13-14H,2-3,6-7,12,15-17H2,1H3,(H,23,25). The maximum Gasteiger partial charge on any atom is 0.243 e. The highest BCUT2D eigenvalue weighted by molar-refractivity contribution is 7.89. The monoisotopic (exact) mass is 400 g/mol. The van der Waals surface area contributed by atoms with Crippen molar-refractivity contribution in [1.29, 1.82) is 0 Å². The van der Waals surface area contributed by atoms with Crippen LogP contribution in [0.5, 0.6) is 0 Å². The summed E-state index contributed by atoms with van der Waals surface area (Å²) in [5.41, 5.74) is 2.81. The molecule has 0 saturated carbocycles. The van der Waals surface area contributed by atoms with Gasteiger partial charge < -0.3 is 5.32 Å². The van der Waals surface area contributed by atoms with Gasteiger partial charge in [0, 0.05) is 25.2 Å². The van der Waals surface area contributed by atoms with Crippen LogP contribution in [0.15, 0.2) is 53.4 Å². The number of carbonyl (C=O) groups is 1. The Kier molecular flexibility index (Phi) is 6.86. The summed E-state index contributed by atoms with van der Waals surface area (Å²) in [6, 6.07) is 14.6. The Bertz CT molecular complexity index is 900. The van der Waals surface area contributed by atoms with Crippen molar-refractivity contribution in [1.82, 2.24) is 4.31 Å². The van der Waals surface area contributed by atoms with Crippen LogP contribution in [0.25, 0.3) is 0 Å². The van der Waals surface area contributed by atoms with Crippen LogP contribution < -0.4 is 5.32 Å². The third kappa shape index (κ3) is 5.20. The Morgan fingerprint density at radius 3 is 2.25 bits per heavy atom. The van der Waals surface area contributed by atoms with Crippen LogP contribution in [-0.4, -0.2) is 31.7 Å². The lowest BCUT2D eigenvalue weighted by Gasteiger charge is -2.20. The minimum Gasteiger partial charge on any atom is -0.326 e. The van der Waals surface area contributed by atoms with Gasteiger partial charge in [-0.2, -0.15) is 4.31 Å². The van der Waals surface area contributed by atoms with Gasteiger partial charge in [0.1, 0.15) is 0 Å². The number of hydrogen-bond acceptors (Lipinski definition) is 3. The second-order valence-electron chi connectivity index (χ2n) is 7.33. The van der Waals surface area contributed by atoms with Crippen molar-refractivity contribution in [3.05, 3.63) is 59.7 Å². The maximum absolute atomic E-state index is 12.8. The number of hydrogen-bond donors (Lipinski definition) is 1. The molecule has 5 nitrogen and oxygen atoms in total. The topological polar surface area (TPSA) is 66.5 Å². The Morgan fingerprint density at radius 1 is 0.964 bits per heavy atom. The van der Waals surface area contributed by atoms with Crippen molar-refractivity contribution < 1.29 is 13.2 Å². The van der Waals surface area contributed by atoms with Crippen molar-refractivity contribution in [3.8, 4) is 0 Å². The van der Waals surface area contributed by atoms with E-state index >= 15 is 0 Å². The van der Waals surface area contributed by atoms with Gasteiger partial charge in [0.25, 0.3) is 0 Å². The summed E-state index contributed by atoms with van der Waals surface area (Å²) in [6.45, 7) is 3.16. The zero-order valence-electron chi connectivity index (χ0n) is 16.4. The number of benzene rings is 2. The molecule has 1 aliphatic rings. The summed E-state index contributed by atoms with van der Waals surface area (Å²) in [5, 5.41) is 2.92. The average molecular weight is 401 g/mol. The second kappa shape index (κ2) is 9.34. The van der Waals surface area contributed by atoms with Crippen LogP contribution in [0.1, 0.15) is 43.2 Å². The normalized spacial score (nSPS) is 15.8. The highest BCUT2D eigenvalue weighted by atomic mass is 32.2. The number of anilines is 1. The molecule has 1 fully saturated rings. The van der Waals surface area contributed by atoms with Crippen LogP contribution in [0.3, 0.4) is 0 Å². The molecule has 1 aliphatic heterocycles. The predicted octanol–water partition coefficient (Wildman–Crippen LogP) is 4.13. The Morgan fingerprint density at radius 2 is 1.61 bits per heavy atom. The Balaban J connectivity index is 1.58. The minimum atomic E-state index is -3.42. The molecule has 6 heteroatoms. The van der Waals surface area contributed by atoms with E-state index in [9.17, 15) is 13.2 Å². The SMILES string of the molecule is Cc1ccccc1NC(=O)CCc1ccc(S(=O)(=O)N2CCCCCC2)cc1. The molecular weight excluding hydrogens is 372 g/mol. The van der Waals surface area contributed by atoms with E-state index in [1.54, 1.807) is 16.4 Å². The van der Waals surface area contributed by atoms with Crippen molar-refractivity contribution in [2.75, 3.05) is 18.4 Å². The highest BCUT2D eigenvalue weighted by Crippen LogP contribution is 2.21. The summed E-state index contributed by atoms with van der Waals surface area (Å²) in [6.07, 6.45) is 4.96. The molecule has 0 spiro atoms. The molecule has 1 N–H and O–H groups in total. The summed E-state index contributed by atoms with van der Waals surface area (Å²) >= 11 is 0. The van der Waals surface area contributed by atoms with E-state index in [0.29, 0.717) is 30.8 Å². The number of para-hydroxylation sites is 1. The summed E-state index contributed by atoms with van der Waals surface area (Å²) in [7, 11) is -3.42. The number of sulfonamides is 1. The molecule has 0 bridgehead atoms. The molecule has 2 aromatic rings. The number of nitrogens with one attached hydrogen (secondary N) is 1. The minimum absolute atomic E-state index is 0.0458. The Labute approximate surface area is 167 Å². The van der Waals surface area contributed by atoms with Crippen LogP contribution >= 0.6 is 0 Å². The molecule has 2 aromatic carbocycles. The van der Waals surface area contributed by atoms with Crippen LogP contribution in [-0.2, 0) is 21.2 Å². The first-order chi connectivity index (χ1) is 13.5. The first kappa shape index (κ1) is 20.6. The fourth-order valence-electron chi connectivity index (χ4n) is 3.44. The first-order valence-corrected chi connectivity index (χ1v) is 11.4. The molecule has 0 aromatic heterocycles. The largest absolute Gasteiger partial charge is 0.326 e. The first-order valence-electron chi connectivity index (χ1n) is 9.91. The van der Waals surface area contributed by atoms with Gasteiger partial charge in [-0.15, -0.1) is 0 Å². The lowest BCUT2D eigenvalue weighted by Crippen LogP contribution is -2.31. The van der Waals surface area contributed by atoms with E-state index in [1.807, 2.05) is 43.3 Å². The molecule has 3 rings (SSSR count). The highest BCUT2D eigenvalue weighted by Gasteiger charge is 2.24. The Hall–Kier alpha value is -2.18. The van der Waals surface area contributed by atoms with Gasteiger partial charge in [-0.25, -0.2) is 8.42 Å². The van der Waals surface area contributed by atoms with Crippen LogP contribution in [0.2, 0.25) is 0 Å². The van der Waals surface area contributed by atoms with Crippen molar-refractivity contribution >= 4 is 21.6 Å². The summed E-state index contributed by atoms with van der Waals surface area (Å²) in [4.78, 5) is 12.5. The average Bonchev–Trinajstić information content (AvgIpc) is 2.99. The number of aryl methyl sites for hydroxylation is 2. The number of nitrogens with zero attached hydrogens (tertiary/aromatic N) is 1. The molecule has 1 saturated heterocycles. The van der Waals surface area contributed by atoms with Gasteiger partial charge >= 0.3 is 0 Å². The number of rotatable bonds is 6. The van der Waals surface area contributed by atoms with Gasteiger partial charge in [-0.3, -0.25) is 4.79 Å². The van der Waals surface area contributed by atoms with Crippen molar-refractivity contribution in [3.63, 3.8) is 0 Å². The summed E-state index contributed by atoms with van der Waals surface area (Å²) < 4.78 is 27.2. The van der Waals surface area contributed by atoms with Crippen LogP contribution in [0.4, 0.5) is 5.69 Å². The van der Waals surface area contributed by atoms with E-state index < -0.39 is 10.0 Å². The van der Waals surface area contributed by atoms with E-state index in [1.165, 1.54) is 0 Å². The lowest BCUT2D eigenvalue weighted by atomic mass is 10.1. The molecule has 1 amide bonds.